The van der Waals surface area contributed by atoms with Crippen LogP contribution in [0.25, 0.3) is 0 Å². The zero-order chi connectivity index (χ0) is 26.9. The highest BCUT2D eigenvalue weighted by Crippen LogP contribution is 2.48. The summed E-state index contributed by atoms with van der Waals surface area (Å²) in [5.41, 5.74) is 2.97. The van der Waals surface area contributed by atoms with Crippen LogP contribution in [0.15, 0.2) is 36.5 Å². The lowest BCUT2D eigenvalue weighted by Gasteiger charge is -2.47. The van der Waals surface area contributed by atoms with Crippen molar-refractivity contribution in [1.29, 1.82) is 0 Å². The molecule has 206 valence electrons. The van der Waals surface area contributed by atoms with Gasteiger partial charge < -0.3 is 25.2 Å². The largest absolute Gasteiger partial charge is 0.471 e. The summed E-state index contributed by atoms with van der Waals surface area (Å²) in [4.78, 5) is 17.4. The van der Waals surface area contributed by atoms with E-state index < -0.39 is 18.2 Å². The van der Waals surface area contributed by atoms with E-state index in [4.69, 9.17) is 14.5 Å². The van der Waals surface area contributed by atoms with Gasteiger partial charge in [0.1, 0.15) is 17.5 Å². The number of aliphatic hydroxyl groups is 1. The molecule has 1 aliphatic carbocycles. The van der Waals surface area contributed by atoms with Crippen LogP contribution in [-0.4, -0.2) is 53.0 Å². The van der Waals surface area contributed by atoms with Gasteiger partial charge in [0.2, 0.25) is 11.8 Å². The van der Waals surface area contributed by atoms with Crippen molar-refractivity contribution < 1.29 is 23.8 Å². The van der Waals surface area contributed by atoms with Crippen molar-refractivity contribution in [2.24, 2.45) is 5.41 Å². The van der Waals surface area contributed by atoms with Gasteiger partial charge in [-0.05, 0) is 66.8 Å². The van der Waals surface area contributed by atoms with Crippen molar-refractivity contribution in [3.05, 3.63) is 59.0 Å². The molecular weight excluding hydrogens is 485 g/mol. The summed E-state index contributed by atoms with van der Waals surface area (Å²) in [7, 11) is 0. The number of hydrogen-bond acceptors (Lipinski definition) is 6. The molecule has 0 bridgehead atoms. The third-order valence-corrected chi connectivity index (χ3v) is 7.93. The summed E-state index contributed by atoms with van der Waals surface area (Å²) in [6.07, 6.45) is 6.51. The van der Waals surface area contributed by atoms with E-state index in [2.05, 4.69) is 37.5 Å². The number of aromatic nitrogens is 1. The average Bonchev–Trinajstić information content (AvgIpc) is 2.80. The Kier molecular flexibility index (Phi) is 7.76. The van der Waals surface area contributed by atoms with E-state index >= 15 is 0 Å². The van der Waals surface area contributed by atoms with Gasteiger partial charge in [-0.15, -0.1) is 0 Å². The summed E-state index contributed by atoms with van der Waals surface area (Å²) < 4.78 is 25.2. The molecule has 1 aromatic heterocycles. The number of pyridine rings is 1. The maximum absolute atomic E-state index is 13.5. The molecule has 4 atom stereocenters. The highest BCUT2D eigenvalue weighted by atomic mass is 19.1. The fourth-order valence-electron chi connectivity index (χ4n) is 5.63. The Morgan fingerprint density at radius 3 is 2.58 bits per heavy atom. The normalized spacial score (nSPS) is 23.4. The lowest BCUT2D eigenvalue weighted by atomic mass is 9.73. The quantitative estimate of drug-likeness (QED) is 0.458. The van der Waals surface area contributed by atoms with E-state index in [9.17, 15) is 14.3 Å². The Bertz CT molecular complexity index is 1130. The summed E-state index contributed by atoms with van der Waals surface area (Å²) in [5.74, 6) is 0.143. The predicted molar refractivity (Wildman–Crippen MR) is 142 cm³/mol. The Balaban J connectivity index is 1.31. The van der Waals surface area contributed by atoms with Gasteiger partial charge >= 0.3 is 0 Å². The number of halogens is 1. The molecule has 8 heteroatoms. The van der Waals surface area contributed by atoms with Crippen LogP contribution in [0.1, 0.15) is 75.6 Å². The molecule has 3 N–H and O–H groups in total. The fraction of sp³-hybridized carbons (Fsp3) is 0.600. The number of benzene rings is 1. The number of rotatable bonds is 9. The molecule has 3 aliphatic rings. The van der Waals surface area contributed by atoms with Crippen molar-refractivity contribution in [1.82, 2.24) is 15.6 Å². The van der Waals surface area contributed by atoms with Crippen molar-refractivity contribution >= 4 is 5.91 Å². The number of aliphatic hydroxyl groups excluding tert-OH is 1. The minimum atomic E-state index is -0.863. The second-order valence-electron chi connectivity index (χ2n) is 12.4. The van der Waals surface area contributed by atoms with E-state index in [0.717, 1.165) is 43.2 Å². The van der Waals surface area contributed by atoms with Crippen molar-refractivity contribution in [3.63, 3.8) is 0 Å². The van der Waals surface area contributed by atoms with Crippen LogP contribution >= 0.6 is 0 Å². The molecule has 1 amide bonds. The Hall–Kier alpha value is -2.55. The molecule has 1 saturated heterocycles. The molecule has 2 aliphatic heterocycles. The van der Waals surface area contributed by atoms with Crippen LogP contribution in [0.2, 0.25) is 0 Å². The van der Waals surface area contributed by atoms with Gasteiger partial charge in [0.25, 0.3) is 0 Å². The van der Waals surface area contributed by atoms with Gasteiger partial charge in [-0.2, -0.15) is 0 Å². The lowest BCUT2D eigenvalue weighted by molar-refractivity contribution is -0.146. The van der Waals surface area contributed by atoms with Crippen molar-refractivity contribution in [3.8, 4) is 5.88 Å². The zero-order valence-electron chi connectivity index (χ0n) is 22.6. The number of amides is 1. The second kappa shape index (κ2) is 10.9. The van der Waals surface area contributed by atoms with Crippen LogP contribution in [0.5, 0.6) is 5.88 Å². The lowest BCUT2D eigenvalue weighted by Crippen LogP contribution is -2.54. The number of nitrogens with zero attached hydrogens (tertiary/aromatic N) is 1. The number of nitrogens with one attached hydrogen (secondary N) is 2. The first-order valence-corrected chi connectivity index (χ1v) is 13.8. The zero-order valence-corrected chi connectivity index (χ0v) is 22.6. The fourth-order valence-corrected chi connectivity index (χ4v) is 5.63. The molecular formula is C30H40FN3O4. The molecule has 7 nitrogen and oxygen atoms in total. The standard InChI is InChI=1S/C30H40FN3O4/c1-29(2,3)15-20-13-22-24(16-30(10-4-11-30)38-28(22)33-17-20)32-18-25(35)23(34-27(36)26-9-12-37-26)14-19-5-7-21(31)8-6-19/h5-8,13,17,23-26,32,35H,4,9-12,14-16,18H2,1-3H3,(H,34,36)/t23-,24-,25+,26-/m0/s1. The van der Waals surface area contributed by atoms with Crippen LogP contribution in [0.4, 0.5) is 4.39 Å². The van der Waals surface area contributed by atoms with Gasteiger partial charge in [-0.3, -0.25) is 4.79 Å². The summed E-state index contributed by atoms with van der Waals surface area (Å²) >= 11 is 0. The summed E-state index contributed by atoms with van der Waals surface area (Å²) in [6.45, 7) is 7.48. The molecule has 1 saturated carbocycles. The first-order valence-electron chi connectivity index (χ1n) is 13.8. The molecule has 0 unspecified atom stereocenters. The van der Waals surface area contributed by atoms with E-state index in [1.54, 1.807) is 12.1 Å². The predicted octanol–water partition coefficient (Wildman–Crippen LogP) is 4.02. The van der Waals surface area contributed by atoms with Gasteiger partial charge in [0.15, 0.2) is 0 Å². The Morgan fingerprint density at radius 2 is 1.97 bits per heavy atom. The molecule has 1 aromatic carbocycles. The summed E-state index contributed by atoms with van der Waals surface area (Å²) in [5, 5.41) is 17.9. The van der Waals surface area contributed by atoms with Gasteiger partial charge in [-0.1, -0.05) is 32.9 Å². The summed E-state index contributed by atoms with van der Waals surface area (Å²) in [6, 6.07) is 7.79. The molecule has 3 heterocycles. The van der Waals surface area contributed by atoms with Gasteiger partial charge in [0, 0.05) is 37.2 Å². The monoisotopic (exact) mass is 525 g/mol. The van der Waals surface area contributed by atoms with Crippen LogP contribution in [0.3, 0.4) is 0 Å². The second-order valence-corrected chi connectivity index (χ2v) is 12.4. The minimum Gasteiger partial charge on any atom is -0.471 e. The molecule has 2 fully saturated rings. The van der Waals surface area contributed by atoms with E-state index in [-0.39, 0.29) is 35.3 Å². The Labute approximate surface area is 224 Å². The van der Waals surface area contributed by atoms with Gasteiger partial charge in [0.05, 0.1) is 18.8 Å². The number of fused-ring (bicyclic) bond motifs is 1. The number of carbonyl (C=O) groups excluding carboxylic acids is 1. The average molecular weight is 526 g/mol. The first-order chi connectivity index (χ1) is 18.1. The third-order valence-electron chi connectivity index (χ3n) is 7.93. The van der Waals surface area contributed by atoms with Gasteiger partial charge in [-0.25, -0.2) is 9.37 Å². The van der Waals surface area contributed by atoms with Crippen LogP contribution in [-0.2, 0) is 22.4 Å². The molecule has 2 aromatic rings. The number of carbonyl (C=O) groups is 1. The number of hydrogen-bond donors (Lipinski definition) is 3. The first kappa shape index (κ1) is 27.0. The topological polar surface area (TPSA) is 92.7 Å². The molecule has 1 spiro atoms. The molecule has 38 heavy (non-hydrogen) atoms. The smallest absolute Gasteiger partial charge is 0.249 e. The molecule has 0 radical (unpaired) electrons. The van der Waals surface area contributed by atoms with Crippen molar-refractivity contribution in [2.75, 3.05) is 13.2 Å². The van der Waals surface area contributed by atoms with Crippen LogP contribution < -0.4 is 15.4 Å². The maximum atomic E-state index is 13.5. The highest BCUT2D eigenvalue weighted by molar-refractivity contribution is 5.81. The van der Waals surface area contributed by atoms with E-state index in [1.807, 2.05) is 6.20 Å². The van der Waals surface area contributed by atoms with E-state index in [1.165, 1.54) is 17.7 Å². The minimum absolute atomic E-state index is 0.0155. The van der Waals surface area contributed by atoms with Crippen molar-refractivity contribution in [2.45, 2.75) is 95.6 Å². The highest BCUT2D eigenvalue weighted by Gasteiger charge is 2.46. The van der Waals surface area contributed by atoms with Crippen LogP contribution in [0, 0.1) is 11.2 Å². The third kappa shape index (κ3) is 6.35. The SMILES string of the molecule is CC(C)(C)Cc1cnc2c(c1)[C@@H](NC[C@@H](O)[C@H](Cc1ccc(F)cc1)NC(=O)[C@@H]1CCO1)CC1(CCC1)O2. The Morgan fingerprint density at radius 1 is 1.24 bits per heavy atom. The maximum Gasteiger partial charge on any atom is 0.249 e. The molecule has 5 rings (SSSR count). The van der Waals surface area contributed by atoms with E-state index in [0.29, 0.717) is 25.3 Å². The number of ether oxygens (including phenoxy) is 2.